The summed E-state index contributed by atoms with van der Waals surface area (Å²) in [6.45, 7) is 2.94. The Morgan fingerprint density at radius 1 is 1.26 bits per heavy atom. The number of thiazole rings is 1. The van der Waals surface area contributed by atoms with Gasteiger partial charge in [0.1, 0.15) is 4.34 Å². The van der Waals surface area contributed by atoms with Crippen LogP contribution >= 0.6 is 23.1 Å². The SMILES string of the molecule is O=C1CC[C@H](CNCC2CCCCC2)N1CCSc1nccs1. The highest BCUT2D eigenvalue weighted by Gasteiger charge is 2.30. The van der Waals surface area contributed by atoms with Crippen molar-refractivity contribution in [1.82, 2.24) is 15.2 Å². The van der Waals surface area contributed by atoms with E-state index in [0.717, 1.165) is 48.5 Å². The molecule has 2 aliphatic rings. The summed E-state index contributed by atoms with van der Waals surface area (Å²) in [5.74, 6) is 2.13. The maximum absolute atomic E-state index is 12.1. The molecular formula is C17H27N3OS2. The molecule has 0 aromatic carbocycles. The van der Waals surface area contributed by atoms with Crippen molar-refractivity contribution in [3.8, 4) is 0 Å². The second-order valence-corrected chi connectivity index (χ2v) is 8.82. The number of nitrogens with zero attached hydrogens (tertiary/aromatic N) is 2. The number of hydrogen-bond donors (Lipinski definition) is 1. The number of likely N-dealkylation sites (tertiary alicyclic amines) is 1. The lowest BCUT2D eigenvalue weighted by molar-refractivity contribution is -0.128. The molecule has 23 heavy (non-hydrogen) atoms. The van der Waals surface area contributed by atoms with Gasteiger partial charge in [-0.2, -0.15) is 0 Å². The molecule has 0 unspecified atom stereocenters. The Kier molecular flexibility index (Phi) is 6.78. The van der Waals surface area contributed by atoms with Crippen LogP contribution < -0.4 is 5.32 Å². The van der Waals surface area contributed by atoms with Crippen molar-refractivity contribution in [3.05, 3.63) is 11.6 Å². The van der Waals surface area contributed by atoms with Gasteiger partial charge in [-0.1, -0.05) is 31.0 Å². The Bertz CT molecular complexity index is 474. The Hall–Kier alpha value is -0.590. The lowest BCUT2D eigenvalue weighted by atomic mass is 9.89. The van der Waals surface area contributed by atoms with Gasteiger partial charge in [-0.3, -0.25) is 4.79 Å². The predicted molar refractivity (Wildman–Crippen MR) is 97.0 cm³/mol. The number of amides is 1. The van der Waals surface area contributed by atoms with E-state index in [-0.39, 0.29) is 0 Å². The van der Waals surface area contributed by atoms with Crippen LogP contribution in [0.4, 0.5) is 0 Å². The van der Waals surface area contributed by atoms with Crippen LogP contribution in [0.2, 0.25) is 0 Å². The molecule has 0 radical (unpaired) electrons. The van der Waals surface area contributed by atoms with Crippen molar-refractivity contribution in [1.29, 1.82) is 0 Å². The molecule has 4 nitrogen and oxygen atoms in total. The van der Waals surface area contributed by atoms with Crippen LogP contribution in [0, 0.1) is 5.92 Å². The van der Waals surface area contributed by atoms with Crippen molar-refractivity contribution < 1.29 is 4.79 Å². The summed E-state index contributed by atoms with van der Waals surface area (Å²) in [5.41, 5.74) is 0. The molecule has 1 aliphatic carbocycles. The Balaban J connectivity index is 1.37. The van der Waals surface area contributed by atoms with E-state index in [4.69, 9.17) is 0 Å². The molecule has 1 aliphatic heterocycles. The lowest BCUT2D eigenvalue weighted by Crippen LogP contribution is -2.42. The maximum atomic E-state index is 12.1. The summed E-state index contributed by atoms with van der Waals surface area (Å²) in [6.07, 6.45) is 10.5. The van der Waals surface area contributed by atoms with Crippen LogP contribution in [-0.2, 0) is 4.79 Å². The molecule has 128 valence electrons. The molecule has 2 fully saturated rings. The first-order chi connectivity index (χ1) is 11.3. The molecule has 2 heterocycles. The Morgan fingerprint density at radius 2 is 2.13 bits per heavy atom. The predicted octanol–water partition coefficient (Wildman–Crippen LogP) is 3.40. The molecule has 1 N–H and O–H groups in total. The largest absolute Gasteiger partial charge is 0.338 e. The molecule has 6 heteroatoms. The number of aromatic nitrogens is 1. The zero-order valence-corrected chi connectivity index (χ0v) is 15.3. The van der Waals surface area contributed by atoms with Gasteiger partial charge in [-0.25, -0.2) is 4.98 Å². The first-order valence-corrected chi connectivity index (χ1v) is 10.7. The van der Waals surface area contributed by atoms with Gasteiger partial charge in [-0.15, -0.1) is 11.3 Å². The molecule has 1 saturated carbocycles. The van der Waals surface area contributed by atoms with Crippen molar-refractivity contribution in [2.75, 3.05) is 25.4 Å². The third-order valence-corrected chi connectivity index (χ3v) is 6.90. The summed E-state index contributed by atoms with van der Waals surface area (Å²) in [4.78, 5) is 18.5. The first kappa shape index (κ1) is 17.2. The lowest BCUT2D eigenvalue weighted by Gasteiger charge is -2.27. The number of thioether (sulfide) groups is 1. The van der Waals surface area contributed by atoms with Crippen LogP contribution in [-0.4, -0.2) is 47.2 Å². The molecular weight excluding hydrogens is 326 g/mol. The van der Waals surface area contributed by atoms with E-state index in [2.05, 4.69) is 15.2 Å². The topological polar surface area (TPSA) is 45.2 Å². The average molecular weight is 354 g/mol. The van der Waals surface area contributed by atoms with Gasteiger partial charge >= 0.3 is 0 Å². The number of carbonyl (C=O) groups excluding carboxylic acids is 1. The summed E-state index contributed by atoms with van der Waals surface area (Å²) in [6, 6.07) is 0.392. The van der Waals surface area contributed by atoms with Gasteiger partial charge in [0.15, 0.2) is 0 Å². The second-order valence-electron chi connectivity index (χ2n) is 6.59. The normalized spacial score (nSPS) is 22.9. The smallest absolute Gasteiger partial charge is 0.222 e. The van der Waals surface area contributed by atoms with E-state index in [1.165, 1.54) is 32.1 Å². The zero-order chi connectivity index (χ0) is 15.9. The maximum Gasteiger partial charge on any atom is 0.222 e. The van der Waals surface area contributed by atoms with Crippen LogP contribution in [0.5, 0.6) is 0 Å². The van der Waals surface area contributed by atoms with Gasteiger partial charge in [0.25, 0.3) is 0 Å². The van der Waals surface area contributed by atoms with Gasteiger partial charge in [0.05, 0.1) is 0 Å². The minimum absolute atomic E-state index is 0.328. The number of hydrogen-bond acceptors (Lipinski definition) is 5. The van der Waals surface area contributed by atoms with E-state index >= 15 is 0 Å². The van der Waals surface area contributed by atoms with E-state index in [0.29, 0.717) is 11.9 Å². The number of nitrogens with one attached hydrogen (secondary N) is 1. The highest BCUT2D eigenvalue weighted by Crippen LogP contribution is 2.24. The zero-order valence-electron chi connectivity index (χ0n) is 13.7. The van der Waals surface area contributed by atoms with Crippen LogP contribution in [0.25, 0.3) is 0 Å². The standard InChI is InChI=1S/C17H27N3OS2/c21-16-7-6-15(13-18-12-14-4-2-1-3-5-14)20(16)9-11-23-17-19-8-10-22-17/h8,10,14-15,18H,1-7,9,11-13H2/t15-/m1/s1. The average Bonchev–Trinajstić information content (AvgIpc) is 3.20. The van der Waals surface area contributed by atoms with Crippen LogP contribution in [0.15, 0.2) is 15.9 Å². The second kappa shape index (κ2) is 9.04. The quantitative estimate of drug-likeness (QED) is 0.728. The molecule has 1 amide bonds. The van der Waals surface area contributed by atoms with Crippen molar-refractivity contribution in [2.45, 2.75) is 55.3 Å². The summed E-state index contributed by atoms with van der Waals surface area (Å²) in [7, 11) is 0. The number of carbonyl (C=O) groups is 1. The van der Waals surface area contributed by atoms with Crippen LogP contribution in [0.1, 0.15) is 44.9 Å². The molecule has 0 bridgehead atoms. The monoisotopic (exact) mass is 353 g/mol. The molecule has 1 aromatic heterocycles. The van der Waals surface area contributed by atoms with Crippen molar-refractivity contribution >= 4 is 29.0 Å². The van der Waals surface area contributed by atoms with E-state index in [1.807, 2.05) is 11.6 Å². The third-order valence-electron chi connectivity index (χ3n) is 4.96. The van der Waals surface area contributed by atoms with Crippen molar-refractivity contribution in [2.24, 2.45) is 5.92 Å². The Labute approximate surface area is 147 Å². The van der Waals surface area contributed by atoms with Crippen molar-refractivity contribution in [3.63, 3.8) is 0 Å². The van der Waals surface area contributed by atoms with Crippen LogP contribution in [0.3, 0.4) is 0 Å². The van der Waals surface area contributed by atoms with Gasteiger partial charge < -0.3 is 10.2 Å². The molecule has 0 spiro atoms. The number of rotatable bonds is 8. The highest BCUT2D eigenvalue weighted by molar-refractivity contribution is 8.01. The van der Waals surface area contributed by atoms with Gasteiger partial charge in [0, 0.05) is 42.9 Å². The van der Waals surface area contributed by atoms with Gasteiger partial charge in [-0.05, 0) is 31.7 Å². The highest BCUT2D eigenvalue weighted by atomic mass is 32.2. The first-order valence-electron chi connectivity index (χ1n) is 8.85. The molecule has 1 atom stereocenters. The molecule has 1 saturated heterocycles. The summed E-state index contributed by atoms with van der Waals surface area (Å²) >= 11 is 3.43. The van der Waals surface area contributed by atoms with E-state index in [9.17, 15) is 4.79 Å². The molecule has 3 rings (SSSR count). The van der Waals surface area contributed by atoms with E-state index in [1.54, 1.807) is 23.1 Å². The molecule has 1 aromatic rings. The fraction of sp³-hybridized carbons (Fsp3) is 0.765. The fourth-order valence-corrected chi connectivity index (χ4v) is 5.32. The Morgan fingerprint density at radius 3 is 2.91 bits per heavy atom. The third kappa shape index (κ3) is 5.19. The summed E-state index contributed by atoms with van der Waals surface area (Å²) in [5, 5.41) is 5.64. The summed E-state index contributed by atoms with van der Waals surface area (Å²) < 4.78 is 1.10. The van der Waals surface area contributed by atoms with Gasteiger partial charge in [0.2, 0.25) is 5.91 Å². The fourth-order valence-electron chi connectivity index (χ4n) is 3.67. The van der Waals surface area contributed by atoms with E-state index < -0.39 is 0 Å². The minimum Gasteiger partial charge on any atom is -0.338 e. The minimum atomic E-state index is 0.328.